The molecule has 1 aromatic heterocycles. The molecular weight excluding hydrogens is 318 g/mol. The van der Waals surface area contributed by atoms with Crippen LogP contribution in [0.3, 0.4) is 0 Å². The van der Waals surface area contributed by atoms with Crippen molar-refractivity contribution < 1.29 is 9.21 Å². The molecule has 2 aromatic carbocycles. The predicted octanol–water partition coefficient (Wildman–Crippen LogP) is 3.33. The molecule has 0 radical (unpaired) electrons. The highest BCUT2D eigenvalue weighted by molar-refractivity contribution is 5.91. The number of hydrogen-bond acceptors (Lipinski definition) is 3. The van der Waals surface area contributed by atoms with Crippen LogP contribution in [0.25, 0.3) is 11.1 Å². The molecule has 25 heavy (non-hydrogen) atoms. The average molecular weight is 337 g/mol. The summed E-state index contributed by atoms with van der Waals surface area (Å²) in [5.74, 6) is -0.421. The van der Waals surface area contributed by atoms with Crippen molar-refractivity contribution in [3.8, 4) is 0 Å². The Bertz CT molecular complexity index is 1000. The summed E-state index contributed by atoms with van der Waals surface area (Å²) in [6, 6.07) is 13.1. The van der Waals surface area contributed by atoms with E-state index in [2.05, 4.69) is 22.8 Å². The van der Waals surface area contributed by atoms with Crippen LogP contribution in [0.1, 0.15) is 30.0 Å². The van der Waals surface area contributed by atoms with Gasteiger partial charge in [0.2, 0.25) is 0 Å². The van der Waals surface area contributed by atoms with Gasteiger partial charge in [0.25, 0.3) is 0 Å². The Morgan fingerprint density at radius 3 is 2.96 bits per heavy atom. The van der Waals surface area contributed by atoms with Gasteiger partial charge in [-0.2, -0.15) is 0 Å². The maximum atomic E-state index is 12.4. The van der Waals surface area contributed by atoms with Crippen molar-refractivity contribution in [3.05, 3.63) is 64.1 Å². The van der Waals surface area contributed by atoms with E-state index in [0.29, 0.717) is 16.8 Å². The van der Waals surface area contributed by atoms with Crippen LogP contribution in [0.5, 0.6) is 0 Å². The molecule has 128 valence electrons. The molecule has 6 heteroatoms. The second kappa shape index (κ2) is 6.12. The van der Waals surface area contributed by atoms with Crippen LogP contribution in [-0.2, 0) is 13.5 Å². The van der Waals surface area contributed by atoms with E-state index in [1.54, 1.807) is 25.2 Å². The van der Waals surface area contributed by atoms with E-state index in [-0.39, 0.29) is 12.1 Å². The van der Waals surface area contributed by atoms with Crippen LogP contribution in [0.15, 0.2) is 51.7 Å². The zero-order valence-corrected chi connectivity index (χ0v) is 13.9. The summed E-state index contributed by atoms with van der Waals surface area (Å²) in [7, 11) is 1.64. The highest BCUT2D eigenvalue weighted by atomic mass is 16.4. The van der Waals surface area contributed by atoms with Crippen molar-refractivity contribution in [2.75, 3.05) is 5.32 Å². The molecule has 2 amide bonds. The summed E-state index contributed by atoms with van der Waals surface area (Å²) in [4.78, 5) is 24.0. The molecule has 0 bridgehead atoms. The van der Waals surface area contributed by atoms with Gasteiger partial charge in [-0.1, -0.05) is 24.3 Å². The topological polar surface area (TPSA) is 76.3 Å². The van der Waals surface area contributed by atoms with Gasteiger partial charge in [0.05, 0.1) is 11.6 Å². The lowest BCUT2D eigenvalue weighted by Gasteiger charge is -2.26. The first-order valence-corrected chi connectivity index (χ1v) is 8.37. The third-order valence-electron chi connectivity index (χ3n) is 4.72. The highest BCUT2D eigenvalue weighted by Gasteiger charge is 2.21. The lowest BCUT2D eigenvalue weighted by molar-refractivity contribution is 0.247. The van der Waals surface area contributed by atoms with Gasteiger partial charge in [0, 0.05) is 12.7 Å². The number of aromatic nitrogens is 1. The quantitative estimate of drug-likeness (QED) is 0.753. The number of benzene rings is 2. The summed E-state index contributed by atoms with van der Waals surface area (Å²) in [6.45, 7) is 0. The standard InChI is InChI=1S/C19H19N3O3/c1-22-16-11-13(9-10-17(16)25-19(22)24)20-18(23)21-15-8-4-6-12-5-2-3-7-14(12)15/h2-3,5,7,9-11,15H,4,6,8H2,1H3,(H2,20,21,23). The number of urea groups is 1. The van der Waals surface area contributed by atoms with E-state index >= 15 is 0 Å². The van der Waals surface area contributed by atoms with Crippen LogP contribution >= 0.6 is 0 Å². The van der Waals surface area contributed by atoms with E-state index in [0.717, 1.165) is 19.3 Å². The number of nitrogens with one attached hydrogen (secondary N) is 2. The number of anilines is 1. The molecule has 1 unspecified atom stereocenters. The van der Waals surface area contributed by atoms with Crippen molar-refractivity contribution in [1.29, 1.82) is 0 Å². The fourth-order valence-electron chi connectivity index (χ4n) is 3.43. The van der Waals surface area contributed by atoms with Gasteiger partial charge in [-0.05, 0) is 48.6 Å². The molecule has 4 rings (SSSR count). The molecule has 0 aliphatic heterocycles. The average Bonchev–Trinajstić information content (AvgIpc) is 2.90. The smallest absolute Gasteiger partial charge is 0.408 e. The first kappa shape index (κ1) is 15.5. The Morgan fingerprint density at radius 1 is 1.24 bits per heavy atom. The largest absolute Gasteiger partial charge is 0.419 e. The Balaban J connectivity index is 1.51. The van der Waals surface area contributed by atoms with E-state index in [4.69, 9.17) is 4.42 Å². The summed E-state index contributed by atoms with van der Waals surface area (Å²) in [5, 5.41) is 5.89. The van der Waals surface area contributed by atoms with Crippen molar-refractivity contribution in [3.63, 3.8) is 0 Å². The number of carbonyl (C=O) groups excluding carboxylic acids is 1. The Kier molecular flexibility index (Phi) is 3.80. The minimum atomic E-state index is -0.421. The van der Waals surface area contributed by atoms with Crippen molar-refractivity contribution in [1.82, 2.24) is 9.88 Å². The molecule has 0 saturated heterocycles. The molecule has 1 heterocycles. The van der Waals surface area contributed by atoms with Crippen LogP contribution in [0.2, 0.25) is 0 Å². The number of amides is 2. The SMILES string of the molecule is Cn1c(=O)oc2ccc(NC(=O)NC3CCCc4ccccc43)cc21. The molecule has 6 nitrogen and oxygen atoms in total. The third-order valence-corrected chi connectivity index (χ3v) is 4.72. The number of rotatable bonds is 2. The summed E-state index contributed by atoms with van der Waals surface area (Å²) < 4.78 is 6.51. The predicted molar refractivity (Wildman–Crippen MR) is 95.7 cm³/mol. The Morgan fingerprint density at radius 2 is 2.08 bits per heavy atom. The van der Waals surface area contributed by atoms with Crippen molar-refractivity contribution in [2.24, 2.45) is 7.05 Å². The summed E-state index contributed by atoms with van der Waals surface area (Å²) >= 11 is 0. The second-order valence-electron chi connectivity index (χ2n) is 6.35. The molecule has 0 fully saturated rings. The lowest BCUT2D eigenvalue weighted by Crippen LogP contribution is -2.34. The first-order chi connectivity index (χ1) is 12.1. The van der Waals surface area contributed by atoms with Crippen LogP contribution in [0.4, 0.5) is 10.5 Å². The van der Waals surface area contributed by atoms with Gasteiger partial charge in [0.15, 0.2) is 5.58 Å². The molecule has 1 aliphatic carbocycles. The normalized spacial score (nSPS) is 16.4. The zero-order valence-electron chi connectivity index (χ0n) is 13.9. The van der Waals surface area contributed by atoms with Gasteiger partial charge in [-0.3, -0.25) is 4.57 Å². The van der Waals surface area contributed by atoms with Gasteiger partial charge in [-0.15, -0.1) is 0 Å². The van der Waals surface area contributed by atoms with Gasteiger partial charge in [-0.25, -0.2) is 9.59 Å². The highest BCUT2D eigenvalue weighted by Crippen LogP contribution is 2.29. The van der Waals surface area contributed by atoms with Crippen molar-refractivity contribution in [2.45, 2.75) is 25.3 Å². The van der Waals surface area contributed by atoms with E-state index in [1.165, 1.54) is 15.7 Å². The Labute approximate surface area is 144 Å². The fraction of sp³-hybridized carbons (Fsp3) is 0.263. The van der Waals surface area contributed by atoms with Crippen molar-refractivity contribution >= 4 is 22.8 Å². The molecular formula is C19H19N3O3. The van der Waals surface area contributed by atoms with E-state index < -0.39 is 5.76 Å². The van der Waals surface area contributed by atoms with Crippen LogP contribution in [-0.4, -0.2) is 10.6 Å². The monoisotopic (exact) mass is 337 g/mol. The maximum absolute atomic E-state index is 12.4. The maximum Gasteiger partial charge on any atom is 0.419 e. The van der Waals surface area contributed by atoms with Gasteiger partial charge >= 0.3 is 11.8 Å². The molecule has 1 aliphatic rings. The molecule has 1 atom stereocenters. The number of nitrogens with zero attached hydrogens (tertiary/aromatic N) is 1. The number of oxazole rings is 1. The Hall–Kier alpha value is -3.02. The van der Waals surface area contributed by atoms with E-state index in [1.807, 2.05) is 12.1 Å². The lowest BCUT2D eigenvalue weighted by atomic mass is 9.88. The first-order valence-electron chi connectivity index (χ1n) is 8.37. The number of fused-ring (bicyclic) bond motifs is 2. The molecule has 3 aromatic rings. The molecule has 2 N–H and O–H groups in total. The second-order valence-corrected chi connectivity index (χ2v) is 6.35. The van der Waals surface area contributed by atoms with Gasteiger partial charge < -0.3 is 15.1 Å². The summed E-state index contributed by atoms with van der Waals surface area (Å²) in [6.07, 6.45) is 3.05. The molecule has 0 spiro atoms. The fourth-order valence-corrected chi connectivity index (χ4v) is 3.43. The third kappa shape index (κ3) is 2.91. The number of carbonyl (C=O) groups is 1. The summed E-state index contributed by atoms with van der Waals surface area (Å²) in [5.41, 5.74) is 4.25. The van der Waals surface area contributed by atoms with Gasteiger partial charge in [0.1, 0.15) is 0 Å². The van der Waals surface area contributed by atoms with Crippen LogP contribution in [0, 0.1) is 0 Å². The zero-order chi connectivity index (χ0) is 17.4. The minimum absolute atomic E-state index is 0.0203. The van der Waals surface area contributed by atoms with Crippen LogP contribution < -0.4 is 16.4 Å². The number of hydrogen-bond donors (Lipinski definition) is 2. The van der Waals surface area contributed by atoms with E-state index in [9.17, 15) is 9.59 Å². The number of aryl methyl sites for hydroxylation is 2. The molecule has 0 saturated carbocycles. The minimum Gasteiger partial charge on any atom is -0.408 e.